The number of alkyl halides is 3. The molecule has 112 valence electrons. The summed E-state index contributed by atoms with van der Waals surface area (Å²) in [4.78, 5) is 7.40. The molecule has 0 atom stereocenters. The molecule has 1 aliphatic rings. The van der Waals surface area contributed by atoms with Crippen molar-refractivity contribution in [2.24, 2.45) is 0 Å². The number of aromatic nitrogens is 1. The summed E-state index contributed by atoms with van der Waals surface area (Å²) >= 11 is 0. The van der Waals surface area contributed by atoms with E-state index >= 15 is 0 Å². The third-order valence-electron chi connectivity index (χ3n) is 3.79. The fraction of sp³-hybridized carbons (Fsp3) is 0.333. The third kappa shape index (κ3) is 2.99. The van der Waals surface area contributed by atoms with Gasteiger partial charge in [-0.1, -0.05) is 0 Å². The highest BCUT2D eigenvalue weighted by atomic mass is 19.4. The highest BCUT2D eigenvalue weighted by Gasteiger charge is 2.30. The highest BCUT2D eigenvalue weighted by Crippen LogP contribution is 2.30. The number of anilines is 2. The van der Waals surface area contributed by atoms with Crippen molar-refractivity contribution >= 4 is 11.4 Å². The number of piperazine rings is 1. The molecule has 1 fully saturated rings. The third-order valence-corrected chi connectivity index (χ3v) is 3.79. The van der Waals surface area contributed by atoms with Crippen molar-refractivity contribution in [3.63, 3.8) is 0 Å². The summed E-state index contributed by atoms with van der Waals surface area (Å²) in [5.41, 5.74) is 1.40. The highest BCUT2D eigenvalue weighted by molar-refractivity contribution is 5.51. The molecule has 0 saturated carbocycles. The molecule has 0 spiro atoms. The lowest BCUT2D eigenvalue weighted by Gasteiger charge is -2.37. The van der Waals surface area contributed by atoms with Crippen LogP contribution in [0.15, 0.2) is 42.7 Å². The van der Waals surface area contributed by atoms with Crippen LogP contribution in [0.5, 0.6) is 0 Å². The lowest BCUT2D eigenvalue weighted by atomic mass is 10.1. The summed E-state index contributed by atoms with van der Waals surface area (Å²) in [5.74, 6) is 0. The summed E-state index contributed by atoms with van der Waals surface area (Å²) < 4.78 is 37.6. The Labute approximate surface area is 121 Å². The van der Waals surface area contributed by atoms with Crippen molar-refractivity contribution in [3.05, 3.63) is 48.3 Å². The number of rotatable bonds is 2. The number of hydrogen-bond donors (Lipinski definition) is 1. The predicted octanol–water partition coefficient (Wildman–Crippen LogP) is 3.36. The van der Waals surface area contributed by atoms with Crippen molar-refractivity contribution in [3.8, 4) is 0 Å². The number of halogens is 3. The second-order valence-corrected chi connectivity index (χ2v) is 5.09. The van der Waals surface area contributed by atoms with Crippen molar-refractivity contribution in [1.29, 1.82) is 0 Å². The molecule has 3 rings (SSSR count). The van der Waals surface area contributed by atoms with Crippen LogP contribution in [0.1, 0.15) is 5.56 Å². The Morgan fingerprint density at radius 3 is 1.86 bits per heavy atom. The van der Waals surface area contributed by atoms with Gasteiger partial charge in [0, 0.05) is 44.3 Å². The van der Waals surface area contributed by atoms with E-state index in [1.54, 1.807) is 12.1 Å². The zero-order valence-electron chi connectivity index (χ0n) is 11.4. The Morgan fingerprint density at radius 1 is 0.810 bits per heavy atom. The Morgan fingerprint density at radius 2 is 1.38 bits per heavy atom. The molecule has 1 aromatic heterocycles. The van der Waals surface area contributed by atoms with E-state index in [1.165, 1.54) is 0 Å². The van der Waals surface area contributed by atoms with Gasteiger partial charge in [-0.3, -0.25) is 0 Å². The van der Waals surface area contributed by atoms with Crippen LogP contribution < -0.4 is 9.80 Å². The molecule has 0 unspecified atom stereocenters. The molecular weight excluding hydrogens is 279 g/mol. The van der Waals surface area contributed by atoms with Gasteiger partial charge >= 0.3 is 6.18 Å². The number of nitrogens with one attached hydrogen (secondary N) is 1. The predicted molar refractivity (Wildman–Crippen MR) is 76.7 cm³/mol. The maximum Gasteiger partial charge on any atom is 0.416 e. The first-order chi connectivity index (χ1) is 10.0. The van der Waals surface area contributed by atoms with Crippen LogP contribution in [0.2, 0.25) is 0 Å². The summed E-state index contributed by atoms with van der Waals surface area (Å²) in [7, 11) is 0. The van der Waals surface area contributed by atoms with E-state index in [0.29, 0.717) is 0 Å². The Bertz CT molecular complexity index is 567. The number of benzene rings is 1. The van der Waals surface area contributed by atoms with Gasteiger partial charge in [0.15, 0.2) is 0 Å². The van der Waals surface area contributed by atoms with E-state index in [0.717, 1.165) is 49.7 Å². The zero-order chi connectivity index (χ0) is 14.9. The number of H-pyrrole nitrogens is 1. The second kappa shape index (κ2) is 5.35. The van der Waals surface area contributed by atoms with E-state index in [2.05, 4.69) is 14.8 Å². The maximum atomic E-state index is 12.5. The quantitative estimate of drug-likeness (QED) is 0.918. The van der Waals surface area contributed by atoms with Gasteiger partial charge in [-0.15, -0.1) is 0 Å². The summed E-state index contributed by atoms with van der Waals surface area (Å²) in [6, 6.07) is 7.42. The van der Waals surface area contributed by atoms with E-state index in [-0.39, 0.29) is 0 Å². The summed E-state index contributed by atoms with van der Waals surface area (Å²) in [5, 5.41) is 0. The van der Waals surface area contributed by atoms with Gasteiger partial charge < -0.3 is 14.8 Å². The van der Waals surface area contributed by atoms with Gasteiger partial charge in [0.1, 0.15) is 0 Å². The van der Waals surface area contributed by atoms with Gasteiger partial charge in [-0.2, -0.15) is 13.2 Å². The van der Waals surface area contributed by atoms with Gasteiger partial charge in [0.05, 0.1) is 11.3 Å². The minimum Gasteiger partial charge on any atom is -0.368 e. The fourth-order valence-corrected chi connectivity index (χ4v) is 2.60. The van der Waals surface area contributed by atoms with Crippen LogP contribution in [0, 0.1) is 0 Å². The van der Waals surface area contributed by atoms with Gasteiger partial charge in [0.2, 0.25) is 0 Å². The molecule has 0 aliphatic carbocycles. The fourth-order valence-electron chi connectivity index (χ4n) is 2.60. The minimum atomic E-state index is -4.27. The monoisotopic (exact) mass is 295 g/mol. The second-order valence-electron chi connectivity index (χ2n) is 5.09. The van der Waals surface area contributed by atoms with Crippen molar-refractivity contribution in [2.75, 3.05) is 36.0 Å². The molecule has 6 heteroatoms. The number of hydrogen-bond acceptors (Lipinski definition) is 2. The van der Waals surface area contributed by atoms with E-state index in [9.17, 15) is 13.2 Å². The van der Waals surface area contributed by atoms with Crippen LogP contribution in [0.25, 0.3) is 0 Å². The SMILES string of the molecule is FC(F)(F)c1ccc(N2CCN(c3cc[nH]c3)CC2)cc1. The Kier molecular flexibility index (Phi) is 3.53. The normalized spacial score (nSPS) is 16.3. The molecule has 0 bridgehead atoms. The average molecular weight is 295 g/mol. The Balaban J connectivity index is 1.64. The first kappa shape index (κ1) is 13.9. The Hall–Kier alpha value is -2.11. The molecule has 0 radical (unpaired) electrons. The zero-order valence-corrected chi connectivity index (χ0v) is 11.4. The lowest BCUT2D eigenvalue weighted by molar-refractivity contribution is -0.137. The molecule has 1 aliphatic heterocycles. The minimum absolute atomic E-state index is 0.600. The van der Waals surface area contributed by atoms with Crippen LogP contribution >= 0.6 is 0 Å². The van der Waals surface area contributed by atoms with E-state index in [1.807, 2.05) is 18.5 Å². The summed E-state index contributed by atoms with van der Waals surface area (Å²) in [6.45, 7) is 3.32. The smallest absolute Gasteiger partial charge is 0.368 e. The standard InChI is InChI=1S/C15H16F3N3/c16-15(17,18)12-1-3-13(4-2-12)20-7-9-21(10-8-20)14-5-6-19-11-14/h1-6,11,19H,7-10H2. The molecule has 0 amide bonds. The van der Waals surface area contributed by atoms with Gasteiger partial charge in [0.25, 0.3) is 0 Å². The van der Waals surface area contributed by atoms with Gasteiger partial charge in [-0.25, -0.2) is 0 Å². The first-order valence-electron chi connectivity index (χ1n) is 6.84. The molecule has 3 nitrogen and oxygen atoms in total. The van der Waals surface area contributed by atoms with E-state index < -0.39 is 11.7 Å². The van der Waals surface area contributed by atoms with Crippen LogP contribution in [0.4, 0.5) is 24.5 Å². The van der Waals surface area contributed by atoms with E-state index in [4.69, 9.17) is 0 Å². The van der Waals surface area contributed by atoms with Crippen molar-refractivity contribution in [2.45, 2.75) is 6.18 Å². The molecule has 1 N–H and O–H groups in total. The topological polar surface area (TPSA) is 22.3 Å². The first-order valence-corrected chi connectivity index (χ1v) is 6.84. The molecule has 2 aromatic rings. The number of nitrogens with zero attached hydrogens (tertiary/aromatic N) is 2. The molecule has 2 heterocycles. The van der Waals surface area contributed by atoms with Crippen LogP contribution in [0.3, 0.4) is 0 Å². The number of aromatic amines is 1. The summed E-state index contributed by atoms with van der Waals surface area (Å²) in [6.07, 6.45) is -0.434. The van der Waals surface area contributed by atoms with Gasteiger partial charge in [-0.05, 0) is 30.3 Å². The lowest BCUT2D eigenvalue weighted by Crippen LogP contribution is -2.46. The van der Waals surface area contributed by atoms with Crippen molar-refractivity contribution in [1.82, 2.24) is 4.98 Å². The molecule has 1 aromatic carbocycles. The van der Waals surface area contributed by atoms with Crippen LogP contribution in [-0.4, -0.2) is 31.2 Å². The molecule has 1 saturated heterocycles. The maximum absolute atomic E-state index is 12.5. The van der Waals surface area contributed by atoms with Crippen LogP contribution in [-0.2, 0) is 6.18 Å². The average Bonchev–Trinajstić information content (AvgIpc) is 3.01. The van der Waals surface area contributed by atoms with Crippen molar-refractivity contribution < 1.29 is 13.2 Å². The molecule has 21 heavy (non-hydrogen) atoms. The largest absolute Gasteiger partial charge is 0.416 e. The molecular formula is C15H16F3N3.